The molecule has 1 aromatic carbocycles. The molecule has 1 atom stereocenters. The molecule has 21 heavy (non-hydrogen) atoms. The van der Waals surface area contributed by atoms with E-state index in [1.807, 2.05) is 7.05 Å². The van der Waals surface area contributed by atoms with E-state index >= 15 is 0 Å². The van der Waals surface area contributed by atoms with Gasteiger partial charge in [0.05, 0.1) is 4.92 Å². The van der Waals surface area contributed by atoms with E-state index in [1.165, 1.54) is 6.07 Å². The number of likely N-dealkylation sites (N-methyl/N-ethyl adjacent to an activating group) is 1. The molecule has 0 bridgehead atoms. The van der Waals surface area contributed by atoms with Gasteiger partial charge in [0.25, 0.3) is 11.6 Å². The molecule has 7 nitrogen and oxygen atoms in total. The Morgan fingerprint density at radius 1 is 1.48 bits per heavy atom. The van der Waals surface area contributed by atoms with Crippen LogP contribution in [0.3, 0.4) is 0 Å². The van der Waals surface area contributed by atoms with Gasteiger partial charge in [-0.15, -0.1) is 0 Å². The van der Waals surface area contributed by atoms with Crippen LogP contribution < -0.4 is 10.6 Å². The summed E-state index contributed by atoms with van der Waals surface area (Å²) in [6, 6.07) is 4.56. The topological polar surface area (TPSA) is 87.5 Å². The van der Waals surface area contributed by atoms with Crippen LogP contribution in [0.1, 0.15) is 23.2 Å². The van der Waals surface area contributed by atoms with E-state index in [0.717, 1.165) is 25.9 Å². The number of piperidine rings is 1. The van der Waals surface area contributed by atoms with E-state index in [4.69, 9.17) is 0 Å². The van der Waals surface area contributed by atoms with E-state index in [2.05, 4.69) is 15.5 Å². The molecule has 114 valence electrons. The number of rotatable bonds is 4. The van der Waals surface area contributed by atoms with Gasteiger partial charge in [-0.3, -0.25) is 14.9 Å². The molecule has 1 unspecified atom stereocenters. The minimum Gasteiger partial charge on any atom is -0.383 e. The summed E-state index contributed by atoms with van der Waals surface area (Å²) in [6.45, 7) is 1.84. The van der Waals surface area contributed by atoms with E-state index < -0.39 is 4.92 Å². The molecule has 1 fully saturated rings. The average Bonchev–Trinajstić information content (AvgIpc) is 2.46. The lowest BCUT2D eigenvalue weighted by molar-refractivity contribution is -0.384. The predicted octanol–water partition coefficient (Wildman–Crippen LogP) is 1.46. The summed E-state index contributed by atoms with van der Waals surface area (Å²) < 4.78 is 0. The number of nitro groups is 1. The summed E-state index contributed by atoms with van der Waals surface area (Å²) in [6.07, 6.45) is 1.98. The third-order valence-electron chi connectivity index (χ3n) is 3.69. The van der Waals surface area contributed by atoms with Crippen molar-refractivity contribution in [3.8, 4) is 0 Å². The van der Waals surface area contributed by atoms with Crippen LogP contribution in [-0.4, -0.2) is 49.0 Å². The molecule has 1 heterocycles. The van der Waals surface area contributed by atoms with Crippen molar-refractivity contribution in [1.82, 2.24) is 10.2 Å². The van der Waals surface area contributed by atoms with Crippen LogP contribution in [0.15, 0.2) is 18.2 Å². The van der Waals surface area contributed by atoms with Crippen molar-refractivity contribution in [2.75, 3.05) is 32.5 Å². The summed E-state index contributed by atoms with van der Waals surface area (Å²) >= 11 is 0. The number of anilines is 1. The molecule has 0 spiro atoms. The quantitative estimate of drug-likeness (QED) is 0.648. The zero-order valence-corrected chi connectivity index (χ0v) is 12.3. The summed E-state index contributed by atoms with van der Waals surface area (Å²) in [7, 11) is 3.63. The van der Waals surface area contributed by atoms with E-state index in [1.54, 1.807) is 19.2 Å². The molecular formula is C14H20N4O3. The van der Waals surface area contributed by atoms with Crippen LogP contribution >= 0.6 is 0 Å². The first-order valence-corrected chi connectivity index (χ1v) is 6.97. The van der Waals surface area contributed by atoms with Gasteiger partial charge in [-0.25, -0.2) is 0 Å². The summed E-state index contributed by atoms with van der Waals surface area (Å²) in [5, 5.41) is 16.7. The minimum atomic E-state index is -0.489. The normalized spacial score (nSPS) is 19.0. The molecule has 2 rings (SSSR count). The smallest absolute Gasteiger partial charge is 0.293 e. The molecule has 1 aliphatic heterocycles. The number of benzene rings is 1. The van der Waals surface area contributed by atoms with Gasteiger partial charge in [-0.05, 0) is 38.6 Å². The van der Waals surface area contributed by atoms with Crippen molar-refractivity contribution in [3.05, 3.63) is 33.9 Å². The second kappa shape index (κ2) is 6.53. The molecule has 0 aliphatic carbocycles. The van der Waals surface area contributed by atoms with Crippen LogP contribution in [0.25, 0.3) is 0 Å². The number of nitrogens with zero attached hydrogens (tertiary/aromatic N) is 2. The first-order valence-electron chi connectivity index (χ1n) is 6.97. The fourth-order valence-corrected chi connectivity index (χ4v) is 2.59. The largest absolute Gasteiger partial charge is 0.383 e. The zero-order valence-electron chi connectivity index (χ0n) is 12.3. The monoisotopic (exact) mass is 292 g/mol. The van der Waals surface area contributed by atoms with Crippen molar-refractivity contribution >= 4 is 17.3 Å². The number of nitrogens with one attached hydrogen (secondary N) is 2. The lowest BCUT2D eigenvalue weighted by Crippen LogP contribution is -2.46. The molecule has 1 aromatic rings. The van der Waals surface area contributed by atoms with Crippen molar-refractivity contribution in [2.24, 2.45) is 0 Å². The van der Waals surface area contributed by atoms with Gasteiger partial charge in [-0.2, -0.15) is 0 Å². The maximum Gasteiger partial charge on any atom is 0.293 e. The summed E-state index contributed by atoms with van der Waals surface area (Å²) in [4.78, 5) is 24.9. The number of carbonyl (C=O) groups excluding carboxylic acids is 1. The molecule has 1 saturated heterocycles. The van der Waals surface area contributed by atoms with Gasteiger partial charge in [0, 0.05) is 31.3 Å². The highest BCUT2D eigenvalue weighted by molar-refractivity contribution is 5.95. The molecule has 0 saturated carbocycles. The second-order valence-corrected chi connectivity index (χ2v) is 5.31. The number of likely N-dealkylation sites (tertiary alicyclic amines) is 1. The van der Waals surface area contributed by atoms with Crippen LogP contribution in [0.2, 0.25) is 0 Å². The molecule has 1 amide bonds. The van der Waals surface area contributed by atoms with Crippen molar-refractivity contribution in [3.63, 3.8) is 0 Å². The van der Waals surface area contributed by atoms with Gasteiger partial charge >= 0.3 is 0 Å². The van der Waals surface area contributed by atoms with Gasteiger partial charge in [0.2, 0.25) is 0 Å². The number of amides is 1. The van der Waals surface area contributed by atoms with E-state index in [0.29, 0.717) is 11.3 Å². The Balaban J connectivity index is 2.12. The average molecular weight is 292 g/mol. The lowest BCUT2D eigenvalue weighted by atomic mass is 10.1. The molecule has 2 N–H and O–H groups in total. The van der Waals surface area contributed by atoms with Crippen LogP contribution in [0, 0.1) is 10.1 Å². The van der Waals surface area contributed by atoms with Crippen molar-refractivity contribution in [1.29, 1.82) is 0 Å². The van der Waals surface area contributed by atoms with E-state index in [-0.39, 0.29) is 17.6 Å². The number of nitro benzene ring substituents is 1. The lowest BCUT2D eigenvalue weighted by Gasteiger charge is -2.30. The van der Waals surface area contributed by atoms with Gasteiger partial charge in [-0.1, -0.05) is 0 Å². The van der Waals surface area contributed by atoms with Gasteiger partial charge < -0.3 is 15.5 Å². The molecular weight excluding hydrogens is 272 g/mol. The maximum absolute atomic E-state index is 12.2. The highest BCUT2D eigenvalue weighted by Crippen LogP contribution is 2.25. The fourth-order valence-electron chi connectivity index (χ4n) is 2.59. The number of hydrogen-bond acceptors (Lipinski definition) is 5. The molecule has 0 aromatic heterocycles. The predicted molar refractivity (Wildman–Crippen MR) is 80.6 cm³/mol. The first-order chi connectivity index (χ1) is 10.0. The first kappa shape index (κ1) is 15.2. The van der Waals surface area contributed by atoms with Crippen molar-refractivity contribution in [2.45, 2.75) is 18.9 Å². The van der Waals surface area contributed by atoms with Crippen LogP contribution in [-0.2, 0) is 0 Å². The molecule has 0 radical (unpaired) electrons. The highest BCUT2D eigenvalue weighted by atomic mass is 16.6. The SMILES string of the molecule is CNc1ccc(C(=O)NC2CCCN(C)C2)cc1[N+](=O)[O-]. The third kappa shape index (κ3) is 3.69. The molecule has 1 aliphatic rings. The summed E-state index contributed by atoms with van der Waals surface area (Å²) in [5.74, 6) is -0.263. The Hall–Kier alpha value is -2.15. The second-order valence-electron chi connectivity index (χ2n) is 5.31. The van der Waals surface area contributed by atoms with E-state index in [9.17, 15) is 14.9 Å². The number of carbonyl (C=O) groups is 1. The zero-order chi connectivity index (χ0) is 15.4. The standard InChI is InChI=1S/C14H20N4O3/c1-15-12-6-5-10(8-13(12)18(20)21)14(19)16-11-4-3-7-17(2)9-11/h5-6,8,11,15H,3-4,7,9H2,1-2H3,(H,16,19). The van der Waals surface area contributed by atoms with Gasteiger partial charge in [0.1, 0.15) is 5.69 Å². The number of hydrogen-bond donors (Lipinski definition) is 2. The Morgan fingerprint density at radius 2 is 2.24 bits per heavy atom. The van der Waals surface area contributed by atoms with Crippen LogP contribution in [0.5, 0.6) is 0 Å². The Bertz CT molecular complexity index is 547. The van der Waals surface area contributed by atoms with Crippen molar-refractivity contribution < 1.29 is 9.72 Å². The van der Waals surface area contributed by atoms with Gasteiger partial charge in [0.15, 0.2) is 0 Å². The van der Waals surface area contributed by atoms with Crippen LogP contribution in [0.4, 0.5) is 11.4 Å². The minimum absolute atomic E-state index is 0.0917. The third-order valence-corrected chi connectivity index (χ3v) is 3.69. The summed E-state index contributed by atoms with van der Waals surface area (Å²) in [5.41, 5.74) is 0.619. The Labute approximate surface area is 123 Å². The Kier molecular flexibility index (Phi) is 4.74. The Morgan fingerprint density at radius 3 is 2.86 bits per heavy atom. The fraction of sp³-hybridized carbons (Fsp3) is 0.500. The molecule has 7 heteroatoms. The maximum atomic E-state index is 12.2. The highest BCUT2D eigenvalue weighted by Gasteiger charge is 2.21.